The smallest absolute Gasteiger partial charge is 0.240 e. The predicted molar refractivity (Wildman–Crippen MR) is 138 cm³/mol. The van der Waals surface area contributed by atoms with E-state index < -0.39 is 0 Å². The lowest BCUT2D eigenvalue weighted by Gasteiger charge is -2.09. The summed E-state index contributed by atoms with van der Waals surface area (Å²) in [6.07, 6.45) is 1.60. The van der Waals surface area contributed by atoms with Gasteiger partial charge in [0.25, 0.3) is 0 Å². The number of nitrogens with one attached hydrogen (secondary N) is 2. The molecule has 0 aliphatic heterocycles. The number of carbonyl (C=O) groups is 2. The minimum Gasteiger partial charge on any atom is -0.493 e. The van der Waals surface area contributed by atoms with Gasteiger partial charge in [-0.1, -0.05) is 0 Å². The van der Waals surface area contributed by atoms with Crippen LogP contribution in [0.5, 0.6) is 23.0 Å². The zero-order chi connectivity index (χ0) is 26.5. The summed E-state index contributed by atoms with van der Waals surface area (Å²) < 4.78 is 21.0. The summed E-state index contributed by atoms with van der Waals surface area (Å²) in [5.74, 6) is 1.94. The van der Waals surface area contributed by atoms with Gasteiger partial charge in [0.2, 0.25) is 11.8 Å². The lowest BCUT2D eigenvalue weighted by molar-refractivity contribution is -0.123. The first-order valence-electron chi connectivity index (χ1n) is 11.4. The number of nitrogens with zero attached hydrogens (tertiary/aromatic N) is 2. The van der Waals surface area contributed by atoms with E-state index in [9.17, 15) is 9.59 Å². The molecule has 0 aliphatic rings. The van der Waals surface area contributed by atoms with E-state index in [2.05, 4.69) is 21.1 Å². The molecule has 0 saturated heterocycles. The van der Waals surface area contributed by atoms with Crippen LogP contribution in [0.2, 0.25) is 0 Å². The number of carbonyl (C=O) groups excluding carboxylic acids is 2. The van der Waals surface area contributed by atoms with Gasteiger partial charge in [0.15, 0.2) is 23.0 Å². The molecule has 0 radical (unpaired) electrons. The maximum absolute atomic E-state index is 12.1. The van der Waals surface area contributed by atoms with E-state index in [1.54, 1.807) is 66.6 Å². The van der Waals surface area contributed by atoms with Gasteiger partial charge in [0, 0.05) is 24.0 Å². The van der Waals surface area contributed by atoms with Crippen LogP contribution in [0.25, 0.3) is 0 Å². The summed E-state index contributed by atoms with van der Waals surface area (Å²) in [5, 5.41) is 8.29. The molecule has 2 aromatic carbocycles. The van der Waals surface area contributed by atoms with Crippen molar-refractivity contribution in [3.8, 4) is 23.0 Å². The Morgan fingerprint density at radius 1 is 0.639 bits per heavy atom. The van der Waals surface area contributed by atoms with Crippen LogP contribution in [-0.4, -0.2) is 51.7 Å². The Morgan fingerprint density at radius 3 is 1.33 bits per heavy atom. The van der Waals surface area contributed by atoms with Gasteiger partial charge < -0.3 is 18.9 Å². The van der Waals surface area contributed by atoms with Crippen molar-refractivity contribution in [2.45, 2.75) is 39.5 Å². The van der Waals surface area contributed by atoms with E-state index >= 15 is 0 Å². The third-order valence-corrected chi connectivity index (χ3v) is 5.36. The van der Waals surface area contributed by atoms with E-state index in [0.717, 1.165) is 11.1 Å². The lowest BCUT2D eigenvalue weighted by Crippen LogP contribution is -2.20. The Bertz CT molecular complexity index is 1030. The molecule has 194 valence electrons. The Kier molecular flexibility index (Phi) is 11.2. The third kappa shape index (κ3) is 8.30. The van der Waals surface area contributed by atoms with E-state index in [1.165, 1.54) is 0 Å². The number of unbranched alkanes of at least 4 members (excludes halogenated alkanes) is 1. The van der Waals surface area contributed by atoms with Crippen LogP contribution < -0.4 is 29.8 Å². The normalized spacial score (nSPS) is 11.5. The molecule has 0 aliphatic carbocycles. The standard InChI is InChI=1S/C26H34N4O6/c1-17(19-11-13-21(33-3)23(15-19)35-5)27-29-25(31)9-7-8-10-26(32)30-28-18(2)20-12-14-22(34-4)24(16-20)36-6/h11-16H,7-10H2,1-6H3,(H,29,31)(H,30,32). The maximum Gasteiger partial charge on any atom is 0.240 e. The summed E-state index contributed by atoms with van der Waals surface area (Å²) in [6, 6.07) is 10.8. The van der Waals surface area contributed by atoms with Crippen molar-refractivity contribution in [2.75, 3.05) is 28.4 Å². The van der Waals surface area contributed by atoms with Gasteiger partial charge in [-0.2, -0.15) is 10.2 Å². The van der Waals surface area contributed by atoms with Crippen LogP contribution in [-0.2, 0) is 9.59 Å². The molecule has 0 heterocycles. The topological polar surface area (TPSA) is 120 Å². The molecule has 36 heavy (non-hydrogen) atoms. The van der Waals surface area contributed by atoms with Gasteiger partial charge in [-0.25, -0.2) is 10.9 Å². The molecule has 0 saturated carbocycles. The maximum atomic E-state index is 12.1. The van der Waals surface area contributed by atoms with Crippen molar-refractivity contribution in [3.63, 3.8) is 0 Å². The molecule has 10 heteroatoms. The highest BCUT2D eigenvalue weighted by molar-refractivity contribution is 6.00. The number of hydrogen-bond acceptors (Lipinski definition) is 8. The molecule has 2 amide bonds. The number of benzene rings is 2. The van der Waals surface area contributed by atoms with Crippen molar-refractivity contribution in [3.05, 3.63) is 47.5 Å². The molecule has 10 nitrogen and oxygen atoms in total. The van der Waals surface area contributed by atoms with Gasteiger partial charge in [0.1, 0.15) is 0 Å². The van der Waals surface area contributed by atoms with Crippen molar-refractivity contribution in [1.82, 2.24) is 10.9 Å². The van der Waals surface area contributed by atoms with Gasteiger partial charge in [-0.15, -0.1) is 0 Å². The summed E-state index contributed by atoms with van der Waals surface area (Å²) >= 11 is 0. The van der Waals surface area contributed by atoms with Crippen molar-refractivity contribution < 1.29 is 28.5 Å². The number of hydrogen-bond donors (Lipinski definition) is 2. The van der Waals surface area contributed by atoms with Crippen LogP contribution in [0.15, 0.2) is 46.6 Å². The van der Waals surface area contributed by atoms with E-state index in [0.29, 0.717) is 47.3 Å². The second-order valence-electron chi connectivity index (χ2n) is 7.81. The first-order valence-corrected chi connectivity index (χ1v) is 11.4. The lowest BCUT2D eigenvalue weighted by atomic mass is 10.1. The molecule has 0 unspecified atom stereocenters. The molecule has 0 bridgehead atoms. The molecule has 2 N–H and O–H groups in total. The second kappa shape index (κ2) is 14.3. The SMILES string of the molecule is COc1ccc(C(C)=NNC(=O)CCCCC(=O)NN=C(C)c2ccc(OC)c(OC)c2)cc1OC. The average Bonchev–Trinajstić information content (AvgIpc) is 2.91. The minimum atomic E-state index is -0.224. The van der Waals surface area contributed by atoms with E-state index in [1.807, 2.05) is 12.1 Å². The molecule has 0 atom stereocenters. The molecule has 0 fully saturated rings. The molecule has 0 aromatic heterocycles. The first kappa shape index (κ1) is 28.2. The van der Waals surface area contributed by atoms with Crippen molar-refractivity contribution in [1.29, 1.82) is 0 Å². The average molecular weight is 499 g/mol. The van der Waals surface area contributed by atoms with Crippen LogP contribution >= 0.6 is 0 Å². The van der Waals surface area contributed by atoms with Gasteiger partial charge in [-0.3, -0.25) is 9.59 Å². The highest BCUT2D eigenvalue weighted by atomic mass is 16.5. The highest BCUT2D eigenvalue weighted by Crippen LogP contribution is 2.28. The largest absolute Gasteiger partial charge is 0.493 e. The minimum absolute atomic E-state index is 0.224. The van der Waals surface area contributed by atoms with Crippen molar-refractivity contribution in [2.24, 2.45) is 10.2 Å². The molecule has 0 spiro atoms. The summed E-state index contributed by atoms with van der Waals surface area (Å²) in [4.78, 5) is 24.2. The Morgan fingerprint density at radius 2 is 1.00 bits per heavy atom. The first-order chi connectivity index (χ1) is 17.3. The molecular formula is C26H34N4O6. The predicted octanol–water partition coefficient (Wildman–Crippen LogP) is 3.66. The Hall–Kier alpha value is -4.08. The molecular weight excluding hydrogens is 464 g/mol. The fourth-order valence-electron chi connectivity index (χ4n) is 3.23. The van der Waals surface area contributed by atoms with Gasteiger partial charge >= 0.3 is 0 Å². The number of hydrazone groups is 2. The number of rotatable bonds is 13. The second-order valence-corrected chi connectivity index (χ2v) is 7.81. The number of methoxy groups -OCH3 is 4. The Labute approximate surface area is 211 Å². The summed E-state index contributed by atoms with van der Waals surface area (Å²) in [6.45, 7) is 3.58. The highest BCUT2D eigenvalue weighted by Gasteiger charge is 2.09. The van der Waals surface area contributed by atoms with Crippen LogP contribution in [0, 0.1) is 0 Å². The fourth-order valence-corrected chi connectivity index (χ4v) is 3.23. The zero-order valence-corrected chi connectivity index (χ0v) is 21.6. The molecule has 2 rings (SSSR count). The summed E-state index contributed by atoms with van der Waals surface area (Å²) in [5.41, 5.74) is 7.95. The zero-order valence-electron chi connectivity index (χ0n) is 21.6. The quantitative estimate of drug-likeness (QED) is 0.247. The van der Waals surface area contributed by atoms with Gasteiger partial charge in [-0.05, 0) is 63.1 Å². The van der Waals surface area contributed by atoms with Crippen LogP contribution in [0.4, 0.5) is 0 Å². The van der Waals surface area contributed by atoms with Crippen LogP contribution in [0.1, 0.15) is 50.7 Å². The summed E-state index contributed by atoms with van der Waals surface area (Å²) in [7, 11) is 6.25. The monoisotopic (exact) mass is 498 g/mol. The molecule has 2 aromatic rings. The van der Waals surface area contributed by atoms with E-state index in [4.69, 9.17) is 18.9 Å². The van der Waals surface area contributed by atoms with Gasteiger partial charge in [0.05, 0.1) is 39.9 Å². The number of ether oxygens (including phenoxy) is 4. The fraction of sp³-hybridized carbons (Fsp3) is 0.385. The van der Waals surface area contributed by atoms with Crippen molar-refractivity contribution >= 4 is 23.2 Å². The van der Waals surface area contributed by atoms with Crippen LogP contribution in [0.3, 0.4) is 0 Å². The Balaban J connectivity index is 1.75. The van der Waals surface area contributed by atoms with E-state index in [-0.39, 0.29) is 24.7 Å². The number of amides is 2. The third-order valence-electron chi connectivity index (χ3n) is 5.36.